The second kappa shape index (κ2) is 5.11. The third kappa shape index (κ3) is 3.51. The number of nitrogens with zero attached hydrogens (tertiary/aromatic N) is 1. The molecule has 0 radical (unpaired) electrons. The molecule has 5 heteroatoms. The minimum Gasteiger partial charge on any atom is -0.482 e. The SMILES string of the molecule is CN(C)C(=O)COc1cc(F)ccc1Br. The monoisotopic (exact) mass is 275 g/mol. The van der Waals surface area contributed by atoms with Gasteiger partial charge in [0, 0.05) is 20.2 Å². The summed E-state index contributed by atoms with van der Waals surface area (Å²) in [6.07, 6.45) is 0. The van der Waals surface area contributed by atoms with Crippen LogP contribution in [0.15, 0.2) is 22.7 Å². The first-order valence-electron chi connectivity index (χ1n) is 4.28. The van der Waals surface area contributed by atoms with Crippen LogP contribution in [0.2, 0.25) is 0 Å². The zero-order valence-corrected chi connectivity index (χ0v) is 10.0. The Kier molecular flexibility index (Phi) is 4.08. The third-order valence-electron chi connectivity index (χ3n) is 1.74. The molecule has 15 heavy (non-hydrogen) atoms. The highest BCUT2D eigenvalue weighted by Crippen LogP contribution is 2.25. The van der Waals surface area contributed by atoms with Gasteiger partial charge in [-0.15, -0.1) is 0 Å². The van der Waals surface area contributed by atoms with E-state index in [0.717, 1.165) is 0 Å². The van der Waals surface area contributed by atoms with Gasteiger partial charge in [-0.2, -0.15) is 0 Å². The number of amides is 1. The molecule has 1 aromatic rings. The fourth-order valence-corrected chi connectivity index (χ4v) is 1.22. The Hall–Kier alpha value is -1.10. The van der Waals surface area contributed by atoms with Gasteiger partial charge in [-0.05, 0) is 28.1 Å². The summed E-state index contributed by atoms with van der Waals surface area (Å²) in [5, 5.41) is 0. The summed E-state index contributed by atoms with van der Waals surface area (Å²) in [6.45, 7) is -0.102. The number of carbonyl (C=O) groups is 1. The van der Waals surface area contributed by atoms with Gasteiger partial charge in [0.25, 0.3) is 5.91 Å². The van der Waals surface area contributed by atoms with E-state index in [4.69, 9.17) is 4.74 Å². The van der Waals surface area contributed by atoms with Crippen LogP contribution in [-0.2, 0) is 4.79 Å². The number of ether oxygens (including phenoxy) is 1. The second-order valence-electron chi connectivity index (χ2n) is 3.15. The Morgan fingerprint density at radius 1 is 1.53 bits per heavy atom. The van der Waals surface area contributed by atoms with E-state index in [1.54, 1.807) is 14.1 Å². The van der Waals surface area contributed by atoms with Crippen molar-refractivity contribution in [2.24, 2.45) is 0 Å². The van der Waals surface area contributed by atoms with Crippen LogP contribution < -0.4 is 4.74 Å². The summed E-state index contributed by atoms with van der Waals surface area (Å²) in [5.74, 6) is -0.248. The number of hydrogen-bond acceptors (Lipinski definition) is 2. The summed E-state index contributed by atoms with van der Waals surface area (Å²) in [5.41, 5.74) is 0. The molecule has 1 rings (SSSR count). The fraction of sp³-hybridized carbons (Fsp3) is 0.300. The maximum Gasteiger partial charge on any atom is 0.259 e. The number of halogens is 2. The van der Waals surface area contributed by atoms with E-state index in [-0.39, 0.29) is 12.5 Å². The van der Waals surface area contributed by atoms with Crippen molar-refractivity contribution < 1.29 is 13.9 Å². The molecule has 0 heterocycles. The molecule has 0 saturated heterocycles. The molecule has 0 atom stereocenters. The Bertz CT molecular complexity index is 368. The largest absolute Gasteiger partial charge is 0.482 e. The molecule has 1 amide bonds. The van der Waals surface area contributed by atoms with Crippen LogP contribution in [0.25, 0.3) is 0 Å². The molecule has 0 fully saturated rings. The molecule has 3 nitrogen and oxygen atoms in total. The summed E-state index contributed by atoms with van der Waals surface area (Å²) in [7, 11) is 3.26. The molecule has 0 unspecified atom stereocenters. The normalized spacial score (nSPS) is 9.87. The number of hydrogen-bond donors (Lipinski definition) is 0. The zero-order valence-electron chi connectivity index (χ0n) is 8.46. The summed E-state index contributed by atoms with van der Waals surface area (Å²) in [4.78, 5) is 12.6. The first-order valence-corrected chi connectivity index (χ1v) is 5.08. The van der Waals surface area contributed by atoms with Crippen LogP contribution in [-0.4, -0.2) is 31.5 Å². The lowest BCUT2D eigenvalue weighted by atomic mass is 10.3. The molecular weight excluding hydrogens is 265 g/mol. The number of rotatable bonds is 3. The van der Waals surface area contributed by atoms with Gasteiger partial charge in [-0.25, -0.2) is 4.39 Å². The lowest BCUT2D eigenvalue weighted by molar-refractivity contribution is -0.130. The highest BCUT2D eigenvalue weighted by atomic mass is 79.9. The fourth-order valence-electron chi connectivity index (χ4n) is 0.856. The highest BCUT2D eigenvalue weighted by molar-refractivity contribution is 9.10. The van der Waals surface area contributed by atoms with E-state index in [2.05, 4.69) is 15.9 Å². The minimum atomic E-state index is -0.398. The smallest absolute Gasteiger partial charge is 0.259 e. The predicted molar refractivity (Wildman–Crippen MR) is 58.3 cm³/mol. The van der Waals surface area contributed by atoms with Crippen LogP contribution in [0.4, 0.5) is 4.39 Å². The van der Waals surface area contributed by atoms with Crippen molar-refractivity contribution in [2.75, 3.05) is 20.7 Å². The van der Waals surface area contributed by atoms with E-state index >= 15 is 0 Å². The van der Waals surface area contributed by atoms with Gasteiger partial charge >= 0.3 is 0 Å². The van der Waals surface area contributed by atoms with Gasteiger partial charge in [0.2, 0.25) is 0 Å². The highest BCUT2D eigenvalue weighted by Gasteiger charge is 2.07. The molecule has 1 aromatic carbocycles. The van der Waals surface area contributed by atoms with Crippen molar-refractivity contribution in [3.05, 3.63) is 28.5 Å². The topological polar surface area (TPSA) is 29.5 Å². The average Bonchev–Trinajstić information content (AvgIpc) is 2.18. The first-order chi connectivity index (χ1) is 7.00. The van der Waals surface area contributed by atoms with Crippen LogP contribution in [0, 0.1) is 5.82 Å². The maximum absolute atomic E-state index is 12.8. The Balaban J connectivity index is 2.65. The van der Waals surface area contributed by atoms with E-state index < -0.39 is 5.82 Å². The molecule has 0 aliphatic rings. The van der Waals surface area contributed by atoms with Crippen LogP contribution in [0.3, 0.4) is 0 Å². The molecule has 0 bridgehead atoms. The van der Waals surface area contributed by atoms with Crippen molar-refractivity contribution in [1.82, 2.24) is 4.90 Å². The molecule has 0 spiro atoms. The van der Waals surface area contributed by atoms with E-state index in [0.29, 0.717) is 10.2 Å². The molecule has 0 aromatic heterocycles. The Morgan fingerprint density at radius 3 is 2.80 bits per heavy atom. The first kappa shape index (κ1) is 12.0. The number of benzene rings is 1. The van der Waals surface area contributed by atoms with Crippen LogP contribution in [0.5, 0.6) is 5.75 Å². The number of carbonyl (C=O) groups excluding carboxylic acids is 1. The summed E-state index contributed by atoms with van der Waals surface area (Å²) < 4.78 is 18.6. The molecule has 0 saturated carbocycles. The maximum atomic E-state index is 12.8. The van der Waals surface area contributed by atoms with Gasteiger partial charge in [0.15, 0.2) is 6.61 Å². The van der Waals surface area contributed by atoms with Crippen molar-refractivity contribution >= 4 is 21.8 Å². The van der Waals surface area contributed by atoms with Gasteiger partial charge in [-0.3, -0.25) is 4.79 Å². The average molecular weight is 276 g/mol. The van der Waals surface area contributed by atoms with Crippen LogP contribution in [0.1, 0.15) is 0 Å². The molecule has 0 aliphatic heterocycles. The Morgan fingerprint density at radius 2 is 2.20 bits per heavy atom. The van der Waals surface area contributed by atoms with Gasteiger partial charge < -0.3 is 9.64 Å². The van der Waals surface area contributed by atoms with E-state index in [1.807, 2.05) is 0 Å². The molecular formula is C10H11BrFNO2. The predicted octanol–water partition coefficient (Wildman–Crippen LogP) is 2.06. The van der Waals surface area contributed by atoms with E-state index in [9.17, 15) is 9.18 Å². The lowest BCUT2D eigenvalue weighted by Crippen LogP contribution is -2.27. The summed E-state index contributed by atoms with van der Waals surface area (Å²) >= 11 is 3.20. The third-order valence-corrected chi connectivity index (χ3v) is 2.40. The van der Waals surface area contributed by atoms with Crippen LogP contribution >= 0.6 is 15.9 Å². The van der Waals surface area contributed by atoms with Crippen molar-refractivity contribution in [2.45, 2.75) is 0 Å². The molecule has 0 aliphatic carbocycles. The van der Waals surface area contributed by atoms with Gasteiger partial charge in [0.05, 0.1) is 4.47 Å². The molecule has 82 valence electrons. The Labute approximate surface area is 96.0 Å². The number of likely N-dealkylation sites (N-methyl/N-ethyl adjacent to an activating group) is 1. The van der Waals surface area contributed by atoms with E-state index in [1.165, 1.54) is 23.1 Å². The second-order valence-corrected chi connectivity index (χ2v) is 4.01. The van der Waals surface area contributed by atoms with Gasteiger partial charge in [0.1, 0.15) is 11.6 Å². The quantitative estimate of drug-likeness (QED) is 0.845. The summed E-state index contributed by atoms with van der Waals surface area (Å²) in [6, 6.07) is 4.07. The lowest BCUT2D eigenvalue weighted by Gasteiger charge is -2.12. The zero-order chi connectivity index (χ0) is 11.4. The van der Waals surface area contributed by atoms with Crippen molar-refractivity contribution in [3.63, 3.8) is 0 Å². The standard InChI is InChI=1S/C10H11BrFNO2/c1-13(2)10(14)6-15-9-5-7(12)3-4-8(9)11/h3-5H,6H2,1-2H3. The van der Waals surface area contributed by atoms with Gasteiger partial charge in [-0.1, -0.05) is 0 Å². The van der Waals surface area contributed by atoms with Crippen molar-refractivity contribution in [3.8, 4) is 5.75 Å². The molecule has 0 N–H and O–H groups in total. The minimum absolute atomic E-state index is 0.102. The van der Waals surface area contributed by atoms with Crippen molar-refractivity contribution in [1.29, 1.82) is 0 Å².